The van der Waals surface area contributed by atoms with Crippen LogP contribution in [0.5, 0.6) is 0 Å². The fourth-order valence-corrected chi connectivity index (χ4v) is 3.75. The topological polar surface area (TPSA) is 49.6 Å². The number of hydrogen-bond donors (Lipinski definition) is 0. The van der Waals surface area contributed by atoms with Gasteiger partial charge in [0, 0.05) is 30.3 Å². The summed E-state index contributed by atoms with van der Waals surface area (Å²) >= 11 is 0. The summed E-state index contributed by atoms with van der Waals surface area (Å²) in [7, 11) is 0. The van der Waals surface area contributed by atoms with Crippen molar-refractivity contribution in [1.29, 1.82) is 0 Å². The molecule has 0 spiro atoms. The highest BCUT2D eigenvalue weighted by Gasteiger charge is 2.35. The Hall–Kier alpha value is -3.22. The normalized spacial score (nSPS) is 13.3. The molecular formula is C24H25F2N3O2. The maximum atomic E-state index is 13.7. The summed E-state index contributed by atoms with van der Waals surface area (Å²) < 4.78 is 32.9. The Morgan fingerprint density at radius 3 is 2.39 bits per heavy atom. The maximum absolute atomic E-state index is 13.7. The van der Waals surface area contributed by atoms with Gasteiger partial charge >= 0.3 is 0 Å². The average Bonchev–Trinajstić information content (AvgIpc) is 3.54. The molecule has 7 heteroatoms. The largest absolute Gasteiger partial charge is 0.341 e. The number of hydrogen-bond acceptors (Lipinski definition) is 4. The lowest BCUT2D eigenvalue weighted by Crippen LogP contribution is -2.33. The highest BCUT2D eigenvalue weighted by molar-refractivity contribution is 5.94. The molecule has 3 aromatic rings. The third-order valence-corrected chi connectivity index (χ3v) is 5.58. The van der Waals surface area contributed by atoms with E-state index in [1.165, 1.54) is 24.3 Å². The van der Waals surface area contributed by atoms with Gasteiger partial charge in [0.15, 0.2) is 0 Å². The lowest BCUT2D eigenvalue weighted by molar-refractivity contribution is 0.0729. The van der Waals surface area contributed by atoms with E-state index in [2.05, 4.69) is 5.16 Å². The van der Waals surface area contributed by atoms with Gasteiger partial charge in [0.05, 0.1) is 12.1 Å². The molecule has 4 rings (SSSR count). The maximum Gasteiger partial charge on any atom is 0.254 e. The number of benzene rings is 2. The lowest BCUT2D eigenvalue weighted by atomic mass is 10.1. The number of aromatic nitrogens is 1. The Kier molecular flexibility index (Phi) is 6.02. The molecule has 0 radical (unpaired) electrons. The first-order chi connectivity index (χ1) is 15.0. The van der Waals surface area contributed by atoms with Gasteiger partial charge in [0.1, 0.15) is 17.3 Å². The van der Waals surface area contributed by atoms with Crippen LogP contribution in [0.25, 0.3) is 11.3 Å². The molecule has 0 unspecified atom stereocenters. The van der Waals surface area contributed by atoms with E-state index in [1.54, 1.807) is 29.2 Å². The van der Waals surface area contributed by atoms with Gasteiger partial charge < -0.3 is 14.3 Å². The van der Waals surface area contributed by atoms with Gasteiger partial charge in [-0.05, 0) is 69.2 Å². The van der Waals surface area contributed by atoms with Gasteiger partial charge in [0.2, 0.25) is 5.88 Å². The molecule has 1 saturated carbocycles. The van der Waals surface area contributed by atoms with E-state index in [0.717, 1.165) is 18.4 Å². The summed E-state index contributed by atoms with van der Waals surface area (Å²) in [6, 6.07) is 11.9. The molecule has 31 heavy (non-hydrogen) atoms. The first-order valence-electron chi connectivity index (χ1n) is 10.6. The highest BCUT2D eigenvalue weighted by Crippen LogP contribution is 2.36. The second-order valence-electron chi connectivity index (χ2n) is 7.67. The zero-order valence-electron chi connectivity index (χ0n) is 17.6. The van der Waals surface area contributed by atoms with Gasteiger partial charge in [-0.2, -0.15) is 0 Å². The number of anilines is 1. The first-order valence-corrected chi connectivity index (χ1v) is 10.6. The molecule has 162 valence electrons. The lowest BCUT2D eigenvalue weighted by Gasteiger charge is -2.25. The van der Waals surface area contributed by atoms with Crippen molar-refractivity contribution >= 4 is 11.8 Å². The Morgan fingerprint density at radius 1 is 1.06 bits per heavy atom. The number of carbonyl (C=O) groups is 1. The predicted molar refractivity (Wildman–Crippen MR) is 115 cm³/mol. The quantitative estimate of drug-likeness (QED) is 0.493. The summed E-state index contributed by atoms with van der Waals surface area (Å²) in [5, 5.41) is 4.27. The number of halogens is 2. The number of amides is 1. The molecule has 0 N–H and O–H groups in total. The minimum atomic E-state index is -0.442. The molecule has 0 saturated heterocycles. The Labute approximate surface area is 180 Å². The van der Waals surface area contributed by atoms with Gasteiger partial charge in [-0.1, -0.05) is 11.2 Å². The fraction of sp³-hybridized carbons (Fsp3) is 0.333. The summed E-state index contributed by atoms with van der Waals surface area (Å²) in [6.07, 6.45) is 1.80. The predicted octanol–water partition coefficient (Wildman–Crippen LogP) is 5.27. The summed E-state index contributed by atoms with van der Waals surface area (Å²) in [5.74, 6) is -0.401. The van der Waals surface area contributed by atoms with E-state index in [0.29, 0.717) is 35.8 Å². The van der Waals surface area contributed by atoms with Crippen LogP contribution >= 0.6 is 0 Å². The third kappa shape index (κ3) is 4.45. The number of carbonyl (C=O) groups excluding carboxylic acids is 1. The van der Waals surface area contributed by atoms with E-state index >= 15 is 0 Å². The summed E-state index contributed by atoms with van der Waals surface area (Å²) in [6.45, 7) is 5.74. The highest BCUT2D eigenvalue weighted by atomic mass is 19.1. The second-order valence-corrected chi connectivity index (χ2v) is 7.67. The molecule has 0 aliphatic heterocycles. The number of nitrogens with zero attached hydrogens (tertiary/aromatic N) is 3. The SMILES string of the molecule is CCN(CC)c1onc(-c2ccc(F)cc2)c1CN(C(=O)c1cccc(F)c1)C1CC1. The van der Waals surface area contributed by atoms with Crippen LogP contribution in [0, 0.1) is 11.6 Å². The summed E-state index contributed by atoms with van der Waals surface area (Å²) in [4.78, 5) is 17.1. The van der Waals surface area contributed by atoms with Crippen LogP contribution in [0.2, 0.25) is 0 Å². The van der Waals surface area contributed by atoms with Crippen LogP contribution < -0.4 is 4.90 Å². The van der Waals surface area contributed by atoms with Crippen molar-refractivity contribution in [3.8, 4) is 11.3 Å². The Balaban J connectivity index is 1.74. The molecule has 0 atom stereocenters. The van der Waals surface area contributed by atoms with Crippen LogP contribution in [-0.2, 0) is 6.54 Å². The van der Waals surface area contributed by atoms with Crippen molar-refractivity contribution in [2.45, 2.75) is 39.3 Å². The van der Waals surface area contributed by atoms with Crippen LogP contribution in [-0.4, -0.2) is 35.1 Å². The van der Waals surface area contributed by atoms with Crippen LogP contribution in [0.4, 0.5) is 14.7 Å². The van der Waals surface area contributed by atoms with Crippen molar-refractivity contribution in [3.05, 3.63) is 71.3 Å². The van der Waals surface area contributed by atoms with E-state index in [9.17, 15) is 13.6 Å². The molecule has 1 aliphatic carbocycles. The molecule has 5 nitrogen and oxygen atoms in total. The van der Waals surface area contributed by atoms with Crippen LogP contribution in [0.1, 0.15) is 42.6 Å². The van der Waals surface area contributed by atoms with Gasteiger partial charge in [0.25, 0.3) is 5.91 Å². The molecule has 1 fully saturated rings. The molecule has 1 amide bonds. The Bertz CT molecular complexity index is 1060. The molecule has 2 aromatic carbocycles. The minimum absolute atomic E-state index is 0.0938. The molecule has 1 heterocycles. The van der Waals surface area contributed by atoms with Gasteiger partial charge in [-0.3, -0.25) is 4.79 Å². The van der Waals surface area contributed by atoms with E-state index < -0.39 is 5.82 Å². The Morgan fingerprint density at radius 2 is 1.77 bits per heavy atom. The first kappa shape index (κ1) is 21.0. The molecular weight excluding hydrogens is 400 g/mol. The van der Waals surface area contributed by atoms with E-state index in [4.69, 9.17) is 4.52 Å². The zero-order valence-corrected chi connectivity index (χ0v) is 17.6. The number of rotatable bonds is 8. The average molecular weight is 425 g/mol. The zero-order chi connectivity index (χ0) is 22.0. The molecule has 0 bridgehead atoms. The molecule has 1 aliphatic rings. The van der Waals surface area contributed by atoms with Crippen LogP contribution in [0.3, 0.4) is 0 Å². The third-order valence-electron chi connectivity index (χ3n) is 5.58. The minimum Gasteiger partial charge on any atom is -0.341 e. The van der Waals surface area contributed by atoms with E-state index in [-0.39, 0.29) is 24.3 Å². The van der Waals surface area contributed by atoms with Crippen molar-refractivity contribution in [2.24, 2.45) is 0 Å². The van der Waals surface area contributed by atoms with Crippen molar-refractivity contribution in [1.82, 2.24) is 10.1 Å². The monoisotopic (exact) mass is 425 g/mol. The smallest absolute Gasteiger partial charge is 0.254 e. The van der Waals surface area contributed by atoms with Crippen molar-refractivity contribution in [3.63, 3.8) is 0 Å². The summed E-state index contributed by atoms with van der Waals surface area (Å²) in [5.41, 5.74) is 2.38. The van der Waals surface area contributed by atoms with Crippen LogP contribution in [0.15, 0.2) is 53.1 Å². The van der Waals surface area contributed by atoms with Crippen molar-refractivity contribution in [2.75, 3.05) is 18.0 Å². The standard InChI is InChI=1S/C24H25F2N3O2/c1-3-28(4-2)24-21(22(27-31-24)16-8-10-18(25)11-9-16)15-29(20-12-13-20)23(30)17-6-5-7-19(26)14-17/h5-11,14,20H,3-4,12-13,15H2,1-2H3. The second kappa shape index (κ2) is 8.88. The fourth-order valence-electron chi connectivity index (χ4n) is 3.75. The van der Waals surface area contributed by atoms with E-state index in [1.807, 2.05) is 18.7 Å². The molecule has 1 aromatic heterocycles. The van der Waals surface area contributed by atoms with Gasteiger partial charge in [-0.15, -0.1) is 0 Å². The van der Waals surface area contributed by atoms with Gasteiger partial charge in [-0.25, -0.2) is 8.78 Å². The van der Waals surface area contributed by atoms with Crippen molar-refractivity contribution < 1.29 is 18.1 Å².